The third-order valence-electron chi connectivity index (χ3n) is 9.17. The Morgan fingerprint density at radius 1 is 0.490 bits per heavy atom. The molecule has 0 amide bonds. The molecule has 4 aromatic heterocycles. The van der Waals surface area contributed by atoms with Gasteiger partial charge >= 0.3 is 0 Å². The number of hydrogen-bond donors (Lipinski definition) is 0. The molecule has 0 aliphatic rings. The first-order valence-corrected chi connectivity index (χ1v) is 18.9. The van der Waals surface area contributed by atoms with Crippen molar-refractivity contribution in [3.05, 3.63) is 96.3 Å². The summed E-state index contributed by atoms with van der Waals surface area (Å²) in [4.78, 5) is 17.4. The summed E-state index contributed by atoms with van der Waals surface area (Å²) in [7, 11) is 8.27. The second kappa shape index (κ2) is 12.6. The first-order valence-electron chi connectivity index (χ1n) is 16.5. The second-order valence-electron chi connectivity index (χ2n) is 12.6. The number of aromatic nitrogens is 4. The zero-order chi connectivity index (χ0) is 33.8. The molecule has 0 unspecified atom stereocenters. The van der Waals surface area contributed by atoms with Gasteiger partial charge in [0.1, 0.15) is 16.6 Å². The molecule has 244 valence electrons. The van der Waals surface area contributed by atoms with Crippen LogP contribution in [0.3, 0.4) is 0 Å². The van der Waals surface area contributed by atoms with Gasteiger partial charge in [0.2, 0.25) is 0 Å². The Hall–Kier alpha value is -4.70. The van der Waals surface area contributed by atoms with Crippen molar-refractivity contribution < 1.29 is 0 Å². The topological polar surface area (TPSA) is 58.0 Å². The minimum absolute atomic E-state index is 0.823. The van der Waals surface area contributed by atoms with Gasteiger partial charge in [-0.05, 0) is 71.5 Å². The second-order valence-corrected chi connectivity index (χ2v) is 15.3. The number of aryl methyl sites for hydroxylation is 2. The molecule has 0 saturated heterocycles. The molecule has 6 nitrogen and oxygen atoms in total. The molecule has 0 bridgehead atoms. The van der Waals surface area contributed by atoms with Crippen molar-refractivity contribution in [1.82, 2.24) is 18.7 Å². The van der Waals surface area contributed by atoms with Crippen LogP contribution in [-0.4, -0.2) is 46.9 Å². The molecule has 8 rings (SSSR count). The Balaban J connectivity index is 1.27. The van der Waals surface area contributed by atoms with Crippen LogP contribution in [0, 0.1) is 0 Å². The lowest BCUT2D eigenvalue weighted by atomic mass is 9.95. The van der Waals surface area contributed by atoms with Crippen LogP contribution in [0.25, 0.3) is 74.6 Å². The van der Waals surface area contributed by atoms with Crippen LogP contribution in [0.2, 0.25) is 0 Å². The first kappa shape index (κ1) is 31.6. The third-order valence-corrected chi connectivity index (χ3v) is 12.1. The number of benzene rings is 4. The van der Waals surface area contributed by atoms with Crippen LogP contribution in [-0.2, 0) is 12.8 Å². The molecule has 0 N–H and O–H groups in total. The normalized spacial score (nSPS) is 11.6. The monoisotopic (exact) mass is 696 g/mol. The summed E-state index contributed by atoms with van der Waals surface area (Å²) in [5.74, 6) is 0. The average molecular weight is 697 g/mol. The third kappa shape index (κ3) is 5.56. The van der Waals surface area contributed by atoms with Gasteiger partial charge in [-0.25, -0.2) is 9.97 Å². The average Bonchev–Trinajstić information content (AvgIpc) is 3.86. The molecule has 49 heavy (non-hydrogen) atoms. The van der Waals surface area contributed by atoms with E-state index in [-0.39, 0.29) is 0 Å². The van der Waals surface area contributed by atoms with E-state index in [0.29, 0.717) is 0 Å². The number of hydrogen-bond acceptors (Lipinski definition) is 9. The maximum Gasteiger partial charge on any atom is 0.116 e. The predicted octanol–water partition coefficient (Wildman–Crippen LogP) is 10.8. The summed E-state index contributed by atoms with van der Waals surface area (Å²) >= 11 is 4.90. The van der Waals surface area contributed by atoms with E-state index in [2.05, 4.69) is 137 Å². The molecule has 0 aliphatic carbocycles. The Labute approximate surface area is 298 Å². The molecule has 8 aromatic rings. The van der Waals surface area contributed by atoms with E-state index in [9.17, 15) is 0 Å². The van der Waals surface area contributed by atoms with Crippen LogP contribution >= 0.6 is 34.4 Å². The smallest absolute Gasteiger partial charge is 0.116 e. The Morgan fingerprint density at radius 3 is 1.45 bits per heavy atom. The molecular weight excluding hydrogens is 661 g/mol. The summed E-state index contributed by atoms with van der Waals surface area (Å²) < 4.78 is 12.4. The highest BCUT2D eigenvalue weighted by Gasteiger charge is 2.25. The van der Waals surface area contributed by atoms with Gasteiger partial charge in [-0.1, -0.05) is 62.4 Å². The van der Waals surface area contributed by atoms with Crippen molar-refractivity contribution in [3.63, 3.8) is 0 Å². The van der Waals surface area contributed by atoms with E-state index in [1.165, 1.54) is 54.1 Å². The molecule has 0 radical (unpaired) electrons. The highest BCUT2D eigenvalue weighted by Crippen LogP contribution is 2.47. The molecule has 0 spiro atoms. The molecule has 4 heterocycles. The zero-order valence-corrected chi connectivity index (χ0v) is 30.9. The van der Waals surface area contributed by atoms with E-state index < -0.39 is 0 Å². The number of anilines is 2. The molecule has 0 atom stereocenters. The maximum absolute atomic E-state index is 5.36. The first-order chi connectivity index (χ1) is 23.8. The summed E-state index contributed by atoms with van der Waals surface area (Å²) in [6.45, 7) is 4.32. The summed E-state index contributed by atoms with van der Waals surface area (Å²) in [5, 5.41) is 0. The van der Waals surface area contributed by atoms with Crippen molar-refractivity contribution >= 4 is 77.2 Å². The number of thiophene rings is 2. The van der Waals surface area contributed by atoms with E-state index >= 15 is 0 Å². The van der Waals surface area contributed by atoms with Crippen molar-refractivity contribution in [1.29, 1.82) is 0 Å². The van der Waals surface area contributed by atoms with Gasteiger partial charge < -0.3 is 9.80 Å². The van der Waals surface area contributed by atoms with Crippen molar-refractivity contribution in [2.24, 2.45) is 0 Å². The molecule has 0 fully saturated rings. The SMILES string of the molecule is CCc1nc2c(-c3ccc(-c4ccc(N(C)C)cc4)cc3)c3nsnc3c(-c3cc4sc(-c5ccc(N(C)C)cc5)cc4s3)c2nc1CC. The summed E-state index contributed by atoms with van der Waals surface area (Å²) in [6.07, 6.45) is 1.65. The van der Waals surface area contributed by atoms with Crippen LogP contribution in [0.4, 0.5) is 11.4 Å². The van der Waals surface area contributed by atoms with Gasteiger partial charge in [0.05, 0.1) is 28.6 Å². The standard InChI is InChI=1S/C40H36N6S3/c1-7-29-30(8-2)42-38-36(34-22-33-32(48-34)21-31(47-33)25-15-19-28(20-16-25)46(5)6)40-39(43-49-44-40)35(37(38)41-29)26-11-9-23(10-12-26)24-13-17-27(18-14-24)45(3)4/h9-22H,7-8H2,1-6H3. The highest BCUT2D eigenvalue weighted by atomic mass is 32.1. The highest BCUT2D eigenvalue weighted by molar-refractivity contribution is 7.31. The fourth-order valence-corrected chi connectivity index (χ4v) is 9.48. The molecular formula is C40H36N6S3. The lowest BCUT2D eigenvalue weighted by molar-refractivity contribution is 0.931. The quantitative estimate of drug-likeness (QED) is 0.158. The Kier molecular flexibility index (Phi) is 8.14. The van der Waals surface area contributed by atoms with Crippen LogP contribution in [0.5, 0.6) is 0 Å². The fourth-order valence-electron chi connectivity index (χ4n) is 6.47. The summed E-state index contributed by atoms with van der Waals surface area (Å²) in [5.41, 5.74) is 14.7. The minimum Gasteiger partial charge on any atom is -0.378 e. The van der Waals surface area contributed by atoms with E-state index in [4.69, 9.17) is 18.7 Å². The fraction of sp³-hybridized carbons (Fsp3) is 0.200. The number of rotatable bonds is 8. The Bertz CT molecular complexity index is 2420. The van der Waals surface area contributed by atoms with Crippen molar-refractivity contribution in [2.45, 2.75) is 26.7 Å². The van der Waals surface area contributed by atoms with Gasteiger partial charge in [-0.15, -0.1) is 22.7 Å². The van der Waals surface area contributed by atoms with Gasteiger partial charge in [-0.3, -0.25) is 0 Å². The predicted molar refractivity (Wildman–Crippen MR) is 213 cm³/mol. The van der Waals surface area contributed by atoms with E-state index in [1.807, 2.05) is 11.3 Å². The lowest BCUT2D eigenvalue weighted by Crippen LogP contribution is -2.07. The minimum atomic E-state index is 0.823. The number of fused-ring (bicyclic) bond motifs is 3. The maximum atomic E-state index is 5.36. The van der Waals surface area contributed by atoms with Crippen LogP contribution in [0.15, 0.2) is 84.9 Å². The van der Waals surface area contributed by atoms with E-state index in [1.54, 1.807) is 11.3 Å². The largest absolute Gasteiger partial charge is 0.378 e. The zero-order valence-electron chi connectivity index (χ0n) is 28.4. The van der Waals surface area contributed by atoms with E-state index in [0.717, 1.165) is 67.9 Å². The van der Waals surface area contributed by atoms with Gasteiger partial charge in [0.15, 0.2) is 0 Å². The molecule has 9 heteroatoms. The Morgan fingerprint density at radius 2 is 0.918 bits per heavy atom. The number of nitrogens with zero attached hydrogens (tertiary/aromatic N) is 6. The van der Waals surface area contributed by atoms with Gasteiger partial charge in [0, 0.05) is 69.8 Å². The van der Waals surface area contributed by atoms with Crippen LogP contribution in [0.1, 0.15) is 25.2 Å². The molecule has 0 aliphatic heterocycles. The van der Waals surface area contributed by atoms with Crippen molar-refractivity contribution in [3.8, 4) is 43.1 Å². The van der Waals surface area contributed by atoms with Crippen LogP contribution < -0.4 is 9.80 Å². The van der Waals surface area contributed by atoms with Gasteiger partial charge in [0.25, 0.3) is 0 Å². The summed E-state index contributed by atoms with van der Waals surface area (Å²) in [6, 6.07) is 30.9. The molecule has 0 saturated carbocycles. The molecule has 4 aromatic carbocycles. The van der Waals surface area contributed by atoms with Crippen molar-refractivity contribution in [2.75, 3.05) is 38.0 Å². The van der Waals surface area contributed by atoms with Gasteiger partial charge in [-0.2, -0.15) is 8.75 Å². The lowest BCUT2D eigenvalue weighted by Gasteiger charge is -2.15.